The van der Waals surface area contributed by atoms with Gasteiger partial charge in [-0.3, -0.25) is 4.98 Å². The van der Waals surface area contributed by atoms with Crippen molar-refractivity contribution in [3.8, 4) is 11.4 Å². The lowest BCUT2D eigenvalue weighted by molar-refractivity contribution is 0.472. The zero-order valence-corrected chi connectivity index (χ0v) is 17.8. The lowest BCUT2D eigenvalue weighted by Gasteiger charge is -2.29. The fourth-order valence-corrected chi connectivity index (χ4v) is 4.57. The first-order chi connectivity index (χ1) is 15.1. The number of nitrogens with zero attached hydrogens (tertiary/aromatic N) is 3. The number of hydrogen-bond acceptors (Lipinski definition) is 3. The van der Waals surface area contributed by atoms with Crippen LogP contribution in [0.15, 0.2) is 91.3 Å². The summed E-state index contributed by atoms with van der Waals surface area (Å²) < 4.78 is 2.18. The Morgan fingerprint density at radius 1 is 0.968 bits per heavy atom. The average Bonchev–Trinajstić information content (AvgIpc) is 3.39. The van der Waals surface area contributed by atoms with Crippen molar-refractivity contribution in [2.45, 2.75) is 19.0 Å². The molecule has 6 heteroatoms. The molecule has 154 valence electrons. The summed E-state index contributed by atoms with van der Waals surface area (Å²) >= 11 is 5.76. The second kappa shape index (κ2) is 7.89. The number of thiocarbonyl (C=S) groups is 1. The summed E-state index contributed by atoms with van der Waals surface area (Å²) in [5.74, 6) is 0.187. The van der Waals surface area contributed by atoms with Crippen LogP contribution in [0.1, 0.15) is 29.0 Å². The molecule has 1 saturated heterocycles. The highest BCUT2D eigenvalue weighted by Crippen LogP contribution is 2.44. The van der Waals surface area contributed by atoms with E-state index in [9.17, 15) is 5.11 Å². The first-order valence-corrected chi connectivity index (χ1v) is 10.6. The Kier molecular flexibility index (Phi) is 4.92. The molecule has 0 spiro atoms. The second-order valence-electron chi connectivity index (χ2n) is 7.63. The van der Waals surface area contributed by atoms with Crippen LogP contribution in [0.5, 0.6) is 5.75 Å². The third kappa shape index (κ3) is 3.45. The van der Waals surface area contributed by atoms with Gasteiger partial charge in [-0.05, 0) is 73.2 Å². The Morgan fingerprint density at radius 2 is 1.81 bits per heavy atom. The van der Waals surface area contributed by atoms with Gasteiger partial charge in [0.15, 0.2) is 5.11 Å². The van der Waals surface area contributed by atoms with E-state index in [1.165, 1.54) is 5.56 Å². The maximum Gasteiger partial charge on any atom is 0.174 e. The molecule has 3 heterocycles. The Bertz CT molecular complexity index is 1240. The summed E-state index contributed by atoms with van der Waals surface area (Å²) in [5.41, 5.74) is 4.88. The van der Waals surface area contributed by atoms with Gasteiger partial charge in [-0.25, -0.2) is 0 Å². The number of anilines is 1. The van der Waals surface area contributed by atoms with Crippen molar-refractivity contribution in [2.24, 2.45) is 0 Å². The molecule has 5 nitrogen and oxygen atoms in total. The topological polar surface area (TPSA) is 53.3 Å². The number of phenols is 1. The molecule has 2 aromatic heterocycles. The van der Waals surface area contributed by atoms with Gasteiger partial charge in [-0.15, -0.1) is 0 Å². The van der Waals surface area contributed by atoms with Crippen LogP contribution in [0.2, 0.25) is 0 Å². The minimum absolute atomic E-state index is 0.174. The summed E-state index contributed by atoms with van der Waals surface area (Å²) in [6, 6.07) is 25.3. The van der Waals surface area contributed by atoms with E-state index < -0.39 is 0 Å². The van der Waals surface area contributed by atoms with Gasteiger partial charge in [-0.1, -0.05) is 30.3 Å². The van der Waals surface area contributed by atoms with Crippen molar-refractivity contribution in [1.82, 2.24) is 14.9 Å². The molecule has 1 aliphatic rings. The van der Waals surface area contributed by atoms with E-state index in [2.05, 4.69) is 58.3 Å². The molecule has 0 bridgehead atoms. The van der Waals surface area contributed by atoms with Gasteiger partial charge < -0.3 is 19.9 Å². The van der Waals surface area contributed by atoms with E-state index in [1.54, 1.807) is 12.3 Å². The third-order valence-electron chi connectivity index (χ3n) is 5.60. The van der Waals surface area contributed by atoms with Gasteiger partial charge in [0.25, 0.3) is 0 Å². The van der Waals surface area contributed by atoms with Gasteiger partial charge in [0.2, 0.25) is 0 Å². The number of para-hydroxylation sites is 2. The smallest absolute Gasteiger partial charge is 0.174 e. The Balaban J connectivity index is 1.69. The number of aromatic nitrogens is 2. The van der Waals surface area contributed by atoms with Crippen molar-refractivity contribution in [1.29, 1.82) is 0 Å². The zero-order chi connectivity index (χ0) is 21.4. The van der Waals surface area contributed by atoms with Crippen molar-refractivity contribution in [3.05, 3.63) is 108 Å². The van der Waals surface area contributed by atoms with Crippen LogP contribution in [0, 0.1) is 6.92 Å². The van der Waals surface area contributed by atoms with E-state index >= 15 is 0 Å². The number of nitrogens with one attached hydrogen (secondary N) is 1. The molecular weight excluding hydrogens is 404 g/mol. The van der Waals surface area contributed by atoms with E-state index in [1.807, 2.05) is 47.4 Å². The van der Waals surface area contributed by atoms with Gasteiger partial charge in [0.1, 0.15) is 11.8 Å². The van der Waals surface area contributed by atoms with Gasteiger partial charge >= 0.3 is 0 Å². The molecule has 0 aliphatic carbocycles. The number of pyridine rings is 1. The lowest BCUT2D eigenvalue weighted by Crippen LogP contribution is -2.30. The van der Waals surface area contributed by atoms with Gasteiger partial charge in [-0.2, -0.15) is 0 Å². The molecule has 31 heavy (non-hydrogen) atoms. The van der Waals surface area contributed by atoms with Crippen LogP contribution < -0.4 is 10.2 Å². The zero-order valence-electron chi connectivity index (χ0n) is 17.0. The van der Waals surface area contributed by atoms with Crippen LogP contribution in [0.3, 0.4) is 0 Å². The largest absolute Gasteiger partial charge is 0.506 e. The predicted molar refractivity (Wildman–Crippen MR) is 127 cm³/mol. The van der Waals surface area contributed by atoms with Gasteiger partial charge in [0, 0.05) is 23.8 Å². The maximum absolute atomic E-state index is 10.6. The SMILES string of the molecule is Cc1cccc(-n2cccc2[C@H]2[C@@H](c3ccccn3)NC(=S)N2c2ccccc2O)c1. The van der Waals surface area contributed by atoms with E-state index in [4.69, 9.17) is 12.2 Å². The normalized spacial score (nSPS) is 18.2. The van der Waals surface area contributed by atoms with E-state index in [0.29, 0.717) is 10.8 Å². The van der Waals surface area contributed by atoms with Crippen LogP contribution in [-0.4, -0.2) is 19.8 Å². The molecule has 1 aliphatic heterocycles. The molecular formula is C25H22N4OS. The van der Waals surface area contributed by atoms with Crippen LogP contribution >= 0.6 is 12.2 Å². The Labute approximate surface area is 186 Å². The monoisotopic (exact) mass is 426 g/mol. The lowest BCUT2D eigenvalue weighted by atomic mass is 10.0. The summed E-state index contributed by atoms with van der Waals surface area (Å²) in [4.78, 5) is 6.59. The molecule has 4 aromatic rings. The summed E-state index contributed by atoms with van der Waals surface area (Å²) in [5, 5.41) is 14.6. The fraction of sp³-hybridized carbons (Fsp3) is 0.120. The quantitative estimate of drug-likeness (QED) is 0.447. The number of benzene rings is 2. The first kappa shape index (κ1) is 19.3. The number of phenolic OH excluding ortho intramolecular Hbond substituents is 1. The van der Waals surface area contributed by atoms with Crippen molar-refractivity contribution in [3.63, 3.8) is 0 Å². The third-order valence-corrected chi connectivity index (χ3v) is 5.92. The number of rotatable bonds is 4. The van der Waals surface area contributed by atoms with Crippen molar-refractivity contribution in [2.75, 3.05) is 4.90 Å². The summed E-state index contributed by atoms with van der Waals surface area (Å²) in [7, 11) is 0. The number of aromatic hydroxyl groups is 1. The highest BCUT2D eigenvalue weighted by Gasteiger charge is 2.42. The Morgan fingerprint density at radius 3 is 2.58 bits per heavy atom. The molecule has 0 radical (unpaired) electrons. The second-order valence-corrected chi connectivity index (χ2v) is 8.01. The molecule has 2 N–H and O–H groups in total. The predicted octanol–water partition coefficient (Wildman–Crippen LogP) is 5.06. The highest BCUT2D eigenvalue weighted by molar-refractivity contribution is 7.80. The molecule has 5 rings (SSSR count). The van der Waals surface area contributed by atoms with Crippen LogP contribution in [0.4, 0.5) is 5.69 Å². The molecule has 2 atom stereocenters. The van der Waals surface area contributed by atoms with Crippen molar-refractivity contribution < 1.29 is 5.11 Å². The summed E-state index contributed by atoms with van der Waals surface area (Å²) in [6.07, 6.45) is 3.85. The minimum Gasteiger partial charge on any atom is -0.506 e. The number of hydrogen-bond donors (Lipinski definition) is 2. The number of aryl methyl sites for hydroxylation is 1. The average molecular weight is 427 g/mol. The molecule has 0 amide bonds. The Hall–Kier alpha value is -3.64. The summed E-state index contributed by atoms with van der Waals surface area (Å²) in [6.45, 7) is 2.09. The standard InChI is InChI=1S/C25H22N4OS/c1-17-8-6-9-18(16-17)28-15-7-12-21(28)24-23(19-10-4-5-14-26-19)27-25(31)29(24)20-11-2-3-13-22(20)30/h2-16,23-24,30H,1H3,(H,27,31)/t23-,24+/m1/s1. The van der Waals surface area contributed by atoms with Crippen molar-refractivity contribution >= 4 is 23.0 Å². The van der Waals surface area contributed by atoms with E-state index in [0.717, 1.165) is 17.1 Å². The van der Waals surface area contributed by atoms with Crippen LogP contribution in [0.25, 0.3) is 5.69 Å². The minimum atomic E-state index is -0.203. The first-order valence-electron chi connectivity index (χ1n) is 10.2. The maximum atomic E-state index is 10.6. The molecule has 2 aromatic carbocycles. The molecule has 1 fully saturated rings. The highest BCUT2D eigenvalue weighted by atomic mass is 32.1. The van der Waals surface area contributed by atoms with E-state index in [-0.39, 0.29) is 17.8 Å². The van der Waals surface area contributed by atoms with Gasteiger partial charge in [0.05, 0.1) is 17.4 Å². The molecule has 0 saturated carbocycles. The van der Waals surface area contributed by atoms with Crippen LogP contribution in [-0.2, 0) is 0 Å². The fourth-order valence-electron chi connectivity index (χ4n) is 4.23. The molecule has 0 unspecified atom stereocenters.